The van der Waals surface area contributed by atoms with Crippen LogP contribution in [0.15, 0.2) is 146 Å². The predicted molar refractivity (Wildman–Crippen MR) is 400 cm³/mol. The minimum atomic E-state index is -5.33. The van der Waals surface area contributed by atoms with Gasteiger partial charge in [0.1, 0.15) is 161 Å². The van der Waals surface area contributed by atoms with Crippen LogP contribution in [-0.4, -0.2) is 116 Å². The van der Waals surface area contributed by atoms with E-state index in [9.17, 15) is 199 Å². The maximum absolute atomic E-state index is 13.4. The van der Waals surface area contributed by atoms with E-state index in [0.717, 1.165) is 97.1 Å². The number of benzene rings is 8. The van der Waals surface area contributed by atoms with Crippen LogP contribution in [0.3, 0.4) is 0 Å². The first-order chi connectivity index (χ1) is 64.9. The first kappa shape index (κ1) is 108. The molecular weight excluding hydrogens is 2020 g/mol. The maximum Gasteiger partial charge on any atom is 0.420 e. The average Bonchev–Trinajstić information content (AvgIpc) is 1.55. The van der Waals surface area contributed by atoms with Crippen LogP contribution < -0.4 is 37.9 Å². The van der Waals surface area contributed by atoms with E-state index in [1.807, 2.05) is 0 Å². The SMILES string of the molecule is CC(F)(F)C(=O)OC1C2CC3C1OC(=O)C3C2C(=O)Oc1ccc(Oc2cc(C(F)(F)F)c(O)c(C(F)(F)F)c2)cc1.CC(F)(F)C(=O)OC1C2CC3C1OC(=O)C3C2C(=O)Oc1ccc(Oc2cc(C(F)(F)F)c(O)cc2C(F)(F)F)cc1.CC(F)(F)C(=O)Oc1ccc(Oc2cc(C(F)(F)F)c(O)c(C(F)(F)F)c2)cc1.CC(F)(F)C(=O)Oc1ccc(Oc2cc(C(F)(F)F)c(O)cc2C(F)(F)F)cc1. The number of halogens is 32. The number of hydrogen-bond donors (Lipinski definition) is 4. The number of alkyl halides is 32. The van der Waals surface area contributed by atoms with Crippen molar-refractivity contribution in [2.45, 2.75) is 138 Å². The number of hydrogen-bond acceptors (Lipinski definition) is 24. The van der Waals surface area contributed by atoms with Crippen LogP contribution in [0.1, 0.15) is 85.0 Å². The quantitative estimate of drug-likeness (QED) is 0.0238. The Morgan fingerprint density at radius 1 is 0.275 bits per heavy atom. The molecule has 0 aromatic heterocycles. The van der Waals surface area contributed by atoms with Crippen molar-refractivity contribution in [2.24, 2.45) is 47.3 Å². The monoisotopic (exact) mass is 2080 g/mol. The molecule has 0 radical (unpaired) electrons. The number of carbonyl (C=O) groups excluding carboxylic acids is 8. The van der Waals surface area contributed by atoms with Gasteiger partial charge in [-0.05, 0) is 158 Å². The van der Waals surface area contributed by atoms with Gasteiger partial charge in [-0.2, -0.15) is 140 Å². The molecule has 4 N–H and O–H groups in total. The Kier molecular flexibility index (Phi) is 29.4. The largest absolute Gasteiger partial charge is 0.507 e. The molecule has 56 heteroatoms. The Bertz CT molecular complexity index is 6040. The number of fused-ring (bicyclic) bond motifs is 2. The summed E-state index contributed by atoms with van der Waals surface area (Å²) in [6.07, 6.45) is -46.2. The van der Waals surface area contributed by atoms with Crippen LogP contribution >= 0.6 is 0 Å². The van der Waals surface area contributed by atoms with Gasteiger partial charge in [-0.15, -0.1) is 0 Å². The highest BCUT2D eigenvalue weighted by Gasteiger charge is 2.72. The van der Waals surface area contributed by atoms with E-state index in [-0.39, 0.29) is 97.0 Å². The van der Waals surface area contributed by atoms with Gasteiger partial charge in [-0.1, -0.05) is 0 Å². The molecule has 12 unspecified atom stereocenters. The van der Waals surface area contributed by atoms with Gasteiger partial charge in [0.05, 0.1) is 23.7 Å². The molecule has 14 rings (SSSR count). The highest BCUT2D eigenvalue weighted by molar-refractivity contribution is 5.89. The summed E-state index contributed by atoms with van der Waals surface area (Å²) in [5.74, 6) is -47.5. The van der Waals surface area contributed by atoms with E-state index in [1.165, 1.54) is 0 Å². The molecule has 768 valence electrons. The molecule has 2 aliphatic heterocycles. The highest BCUT2D eigenvalue weighted by atomic mass is 19.4. The predicted octanol–water partition coefficient (Wildman–Crippen LogP) is 22.6. The smallest absolute Gasteiger partial charge is 0.420 e. The Balaban J connectivity index is 0.000000184. The molecule has 4 aliphatic carbocycles. The van der Waals surface area contributed by atoms with Crippen LogP contribution in [-0.2, 0) is 107 Å². The van der Waals surface area contributed by atoms with Gasteiger partial charge in [-0.3, -0.25) is 19.2 Å². The summed E-state index contributed by atoms with van der Waals surface area (Å²) >= 11 is 0. The Morgan fingerprint density at radius 2 is 0.500 bits per heavy atom. The van der Waals surface area contributed by atoms with Crippen molar-refractivity contribution in [2.75, 3.05) is 0 Å². The number of carbonyl (C=O) groups is 8. The summed E-state index contributed by atoms with van der Waals surface area (Å²) in [7, 11) is 0. The molecule has 4 bridgehead atoms. The number of aromatic hydroxyl groups is 4. The fourth-order valence-corrected chi connectivity index (χ4v) is 15.4. The van der Waals surface area contributed by atoms with Crippen LogP contribution in [0, 0.1) is 47.3 Å². The molecular formula is C86H56F32O24. The first-order valence-electron chi connectivity index (χ1n) is 39.3. The lowest BCUT2D eigenvalue weighted by Gasteiger charge is -2.30. The number of esters is 8. The third kappa shape index (κ3) is 24.6. The van der Waals surface area contributed by atoms with Gasteiger partial charge in [0.25, 0.3) is 0 Å². The Hall–Kier alpha value is -14.3. The standard InChI is InChI=1S/2C26H18F8O8.2C17H10F8O4/c1-24(27,28)23(38)42-20-12-6-11-18(22(37)41-19(11)20)17(12)21(36)40-10-4-2-9(3-5-10)39-16-8-13(25(29,30)31)15(35)7-14(16)26(32,33)34;1-24(27,28)23(38)42-20-13-8-12-17(22(37)41-19(12)20)16(13)21(36)40-10-4-2-9(3-5-10)39-11-6-14(25(29,30)31)18(35)15(7-11)26(32,33)34;1-15(18,19)14(27)29-9-4-2-8(3-5-9)28-13-7-10(16(20,21)22)12(26)6-11(13)17(23,24)25;1-15(18,19)14(27)29-9-4-2-8(3-5-9)28-10-6-11(16(20,21)22)13(26)12(7-10)17(23,24)25/h2-5,7-8,11-12,17-20,35H,6H2,1H3;2-7,12-13,16-17,19-20,35H,8H2,1H3;2*2-7,26H,1H3. The van der Waals surface area contributed by atoms with Crippen molar-refractivity contribution in [3.05, 3.63) is 190 Å². The summed E-state index contributed by atoms with van der Waals surface area (Å²) in [6, 6.07) is 16.1. The van der Waals surface area contributed by atoms with Crippen molar-refractivity contribution in [1.82, 2.24) is 0 Å². The number of ether oxygens (including phenoxy) is 12. The fraction of sp³-hybridized carbons (Fsp3) is 0.349. The summed E-state index contributed by atoms with van der Waals surface area (Å²) in [6.45, 7) is 1.24. The second kappa shape index (κ2) is 38.6. The Labute approximate surface area is 769 Å². The molecule has 4 saturated carbocycles. The Morgan fingerprint density at radius 3 is 0.732 bits per heavy atom. The molecule has 24 nitrogen and oxygen atoms in total. The second-order valence-electron chi connectivity index (χ2n) is 31.7. The third-order valence-corrected chi connectivity index (χ3v) is 21.4. The van der Waals surface area contributed by atoms with Gasteiger partial charge < -0.3 is 77.3 Å². The summed E-state index contributed by atoms with van der Waals surface area (Å²) in [5.41, 5.74) is -14.7. The summed E-state index contributed by atoms with van der Waals surface area (Å²) < 4.78 is 478. The zero-order valence-electron chi connectivity index (χ0n) is 70.2. The normalized spacial score (nSPS) is 20.9. The molecule has 8 aromatic carbocycles. The molecule has 8 aromatic rings. The second-order valence-corrected chi connectivity index (χ2v) is 31.7. The molecule has 6 fully saturated rings. The van der Waals surface area contributed by atoms with Crippen LogP contribution in [0.2, 0.25) is 0 Å². The van der Waals surface area contributed by atoms with Crippen molar-refractivity contribution in [3.63, 3.8) is 0 Å². The zero-order valence-corrected chi connectivity index (χ0v) is 70.2. The van der Waals surface area contributed by atoms with Gasteiger partial charge in [0.15, 0.2) is 0 Å². The number of phenols is 4. The molecule has 2 heterocycles. The van der Waals surface area contributed by atoms with Crippen molar-refractivity contribution in [1.29, 1.82) is 0 Å². The highest BCUT2D eigenvalue weighted by Crippen LogP contribution is 2.62. The average molecular weight is 2080 g/mol. The minimum Gasteiger partial charge on any atom is -0.507 e. The van der Waals surface area contributed by atoms with Gasteiger partial charge in [0.2, 0.25) is 0 Å². The van der Waals surface area contributed by atoms with E-state index in [0.29, 0.717) is 20.8 Å². The van der Waals surface area contributed by atoms with E-state index in [1.54, 1.807) is 0 Å². The van der Waals surface area contributed by atoms with Crippen molar-refractivity contribution >= 4 is 47.8 Å². The van der Waals surface area contributed by atoms with Gasteiger partial charge >= 0.3 is 121 Å². The van der Waals surface area contributed by atoms with E-state index < -0.39 is 300 Å². The molecule has 12 atom stereocenters. The molecule has 0 spiro atoms. The minimum absolute atomic E-state index is 0.00713. The lowest BCUT2D eigenvalue weighted by molar-refractivity contribution is -0.185. The van der Waals surface area contributed by atoms with E-state index in [4.69, 9.17) is 47.4 Å². The van der Waals surface area contributed by atoms with E-state index >= 15 is 0 Å². The fourth-order valence-electron chi connectivity index (χ4n) is 15.4. The van der Waals surface area contributed by atoms with Crippen molar-refractivity contribution < 1.29 is 256 Å². The molecule has 6 aliphatic rings. The van der Waals surface area contributed by atoms with E-state index in [2.05, 4.69) is 9.47 Å². The zero-order chi connectivity index (χ0) is 106. The number of rotatable bonds is 20. The van der Waals surface area contributed by atoms with Crippen LogP contribution in [0.4, 0.5) is 140 Å². The van der Waals surface area contributed by atoms with Crippen molar-refractivity contribution in [3.8, 4) is 92.0 Å². The molecule has 2 saturated heterocycles. The van der Waals surface area contributed by atoms with Crippen LogP contribution in [0.5, 0.6) is 92.0 Å². The lowest BCUT2D eigenvalue weighted by atomic mass is 9.78. The maximum atomic E-state index is 13.4. The summed E-state index contributed by atoms with van der Waals surface area (Å²) in [4.78, 5) is 96.6. The first-order valence-corrected chi connectivity index (χ1v) is 39.3. The lowest BCUT2D eigenvalue weighted by Crippen LogP contribution is -2.46. The molecule has 142 heavy (non-hydrogen) atoms. The van der Waals surface area contributed by atoms with Gasteiger partial charge in [0, 0.05) is 51.4 Å². The topological polar surface area (TPSA) is 328 Å². The van der Waals surface area contributed by atoms with Crippen LogP contribution in [0.25, 0.3) is 0 Å². The summed E-state index contributed by atoms with van der Waals surface area (Å²) in [5, 5.41) is 37.6. The van der Waals surface area contributed by atoms with Gasteiger partial charge in [-0.25, -0.2) is 19.2 Å². The number of phenolic OH excluding ortho intramolecular Hbond substituents is 4. The molecule has 0 amide bonds. The third-order valence-electron chi connectivity index (χ3n) is 21.4.